The fourth-order valence-electron chi connectivity index (χ4n) is 1.11. The Labute approximate surface area is 63.0 Å². The van der Waals surface area contributed by atoms with Gasteiger partial charge >= 0.3 is 0 Å². The third kappa shape index (κ3) is 1.63. The summed E-state index contributed by atoms with van der Waals surface area (Å²) in [6.07, 6.45) is 7.68. The summed E-state index contributed by atoms with van der Waals surface area (Å²) < 4.78 is 0. The van der Waals surface area contributed by atoms with Crippen molar-refractivity contribution in [1.29, 1.82) is 0 Å². The predicted molar refractivity (Wildman–Crippen MR) is 44.8 cm³/mol. The van der Waals surface area contributed by atoms with Gasteiger partial charge in [0, 0.05) is 13.1 Å². The Bertz CT molecular complexity index is 156. The monoisotopic (exact) mass is 137 g/mol. The lowest BCUT2D eigenvalue weighted by molar-refractivity contribution is 0.420. The van der Waals surface area contributed by atoms with Gasteiger partial charge in [-0.1, -0.05) is 18.6 Å². The maximum atomic E-state index is 2.32. The molecule has 0 radical (unpaired) electrons. The van der Waals surface area contributed by atoms with Gasteiger partial charge in [0.2, 0.25) is 0 Å². The molecule has 1 aliphatic rings. The van der Waals surface area contributed by atoms with Crippen LogP contribution in [0.2, 0.25) is 0 Å². The van der Waals surface area contributed by atoms with Crippen LogP contribution in [-0.2, 0) is 0 Å². The van der Waals surface area contributed by atoms with Crippen molar-refractivity contribution in [3.63, 3.8) is 0 Å². The molecule has 1 rings (SSSR count). The molecule has 1 heterocycles. The van der Waals surface area contributed by atoms with Gasteiger partial charge in [-0.25, -0.2) is 0 Å². The highest BCUT2D eigenvalue weighted by molar-refractivity contribution is 5.18. The maximum absolute atomic E-state index is 2.32. The normalized spacial score (nSPS) is 17.4. The van der Waals surface area contributed by atoms with E-state index < -0.39 is 0 Å². The van der Waals surface area contributed by atoms with Crippen molar-refractivity contribution in [2.75, 3.05) is 13.1 Å². The van der Waals surface area contributed by atoms with Gasteiger partial charge in [-0.3, -0.25) is 0 Å². The van der Waals surface area contributed by atoms with Gasteiger partial charge in [0.25, 0.3) is 0 Å². The molecule has 0 N–H and O–H groups in total. The van der Waals surface area contributed by atoms with Crippen molar-refractivity contribution in [1.82, 2.24) is 4.90 Å². The largest absolute Gasteiger partial charge is 0.374 e. The molecule has 0 unspecified atom stereocenters. The smallest absolute Gasteiger partial charge is 0.0386 e. The second-order valence-corrected chi connectivity index (χ2v) is 2.58. The van der Waals surface area contributed by atoms with Crippen molar-refractivity contribution in [3.05, 3.63) is 23.9 Å². The van der Waals surface area contributed by atoms with Crippen molar-refractivity contribution < 1.29 is 0 Å². The van der Waals surface area contributed by atoms with Crippen molar-refractivity contribution >= 4 is 0 Å². The van der Waals surface area contributed by atoms with Crippen LogP contribution >= 0.6 is 0 Å². The van der Waals surface area contributed by atoms with Gasteiger partial charge in [-0.2, -0.15) is 0 Å². The van der Waals surface area contributed by atoms with Crippen LogP contribution in [0.5, 0.6) is 0 Å². The highest BCUT2D eigenvalue weighted by Gasteiger charge is 2.01. The van der Waals surface area contributed by atoms with E-state index >= 15 is 0 Å². The summed E-state index contributed by atoms with van der Waals surface area (Å²) in [6.45, 7) is 6.64. The molecule has 1 nitrogen and oxygen atoms in total. The molecule has 0 aliphatic carbocycles. The quantitative estimate of drug-likeness (QED) is 0.564. The first-order valence-corrected chi connectivity index (χ1v) is 3.97. The van der Waals surface area contributed by atoms with Crippen LogP contribution in [0.4, 0.5) is 0 Å². The van der Waals surface area contributed by atoms with E-state index in [1.54, 1.807) is 0 Å². The van der Waals surface area contributed by atoms with Gasteiger partial charge in [0.15, 0.2) is 0 Å². The molecule has 56 valence electrons. The Morgan fingerprint density at radius 1 is 1.50 bits per heavy atom. The SMILES string of the molecule is CCC1=CC=CN(CC)C1. The van der Waals surface area contributed by atoms with E-state index in [1.165, 1.54) is 12.0 Å². The summed E-state index contributed by atoms with van der Waals surface area (Å²) in [4.78, 5) is 2.32. The van der Waals surface area contributed by atoms with Gasteiger partial charge < -0.3 is 4.90 Å². The van der Waals surface area contributed by atoms with Gasteiger partial charge in [0.1, 0.15) is 0 Å². The molecular formula is C9H15N. The standard InChI is InChI=1S/C9H15N/c1-3-9-6-5-7-10(4-2)8-9/h5-7H,3-4,8H2,1-2H3. The minimum absolute atomic E-state index is 1.12. The molecule has 0 atom stereocenters. The summed E-state index contributed by atoms with van der Waals surface area (Å²) in [7, 11) is 0. The first-order valence-electron chi connectivity index (χ1n) is 3.97. The fourth-order valence-corrected chi connectivity index (χ4v) is 1.11. The van der Waals surface area contributed by atoms with Gasteiger partial charge in [0.05, 0.1) is 0 Å². The van der Waals surface area contributed by atoms with Crippen molar-refractivity contribution in [2.24, 2.45) is 0 Å². The molecule has 0 bridgehead atoms. The second-order valence-electron chi connectivity index (χ2n) is 2.58. The highest BCUT2D eigenvalue weighted by Crippen LogP contribution is 2.09. The summed E-state index contributed by atoms with van der Waals surface area (Å²) in [5.41, 5.74) is 1.53. The van der Waals surface area contributed by atoms with E-state index in [0.29, 0.717) is 0 Å². The number of nitrogens with zero attached hydrogens (tertiary/aromatic N) is 1. The predicted octanol–water partition coefficient (Wildman–Crippen LogP) is 2.17. The van der Waals surface area contributed by atoms with E-state index in [-0.39, 0.29) is 0 Å². The van der Waals surface area contributed by atoms with Gasteiger partial charge in [-0.15, -0.1) is 0 Å². The lowest BCUT2D eigenvalue weighted by Gasteiger charge is -2.22. The molecule has 0 spiro atoms. The maximum Gasteiger partial charge on any atom is 0.0386 e. The summed E-state index contributed by atoms with van der Waals surface area (Å²) in [5.74, 6) is 0. The Hall–Kier alpha value is -0.720. The third-order valence-electron chi connectivity index (χ3n) is 1.90. The molecule has 0 saturated heterocycles. The van der Waals surface area contributed by atoms with E-state index in [1.807, 2.05) is 0 Å². The topological polar surface area (TPSA) is 3.24 Å². The summed E-state index contributed by atoms with van der Waals surface area (Å²) in [6, 6.07) is 0. The Balaban J connectivity index is 2.50. The van der Waals surface area contributed by atoms with E-state index in [9.17, 15) is 0 Å². The molecule has 0 fully saturated rings. The van der Waals surface area contributed by atoms with Crippen LogP contribution < -0.4 is 0 Å². The molecule has 0 aromatic rings. The molecule has 0 amide bonds. The van der Waals surface area contributed by atoms with Crippen LogP contribution in [-0.4, -0.2) is 18.0 Å². The minimum atomic E-state index is 1.12. The van der Waals surface area contributed by atoms with Crippen LogP contribution in [0.1, 0.15) is 20.3 Å². The first kappa shape index (κ1) is 7.39. The van der Waals surface area contributed by atoms with Crippen LogP contribution in [0, 0.1) is 0 Å². The molecule has 1 aliphatic heterocycles. The zero-order valence-electron chi connectivity index (χ0n) is 6.80. The van der Waals surface area contributed by atoms with Gasteiger partial charge in [-0.05, 0) is 25.6 Å². The second kappa shape index (κ2) is 3.45. The zero-order chi connectivity index (χ0) is 7.40. The summed E-state index contributed by atoms with van der Waals surface area (Å²) in [5, 5.41) is 0. The lowest BCUT2D eigenvalue weighted by Crippen LogP contribution is -2.21. The Morgan fingerprint density at radius 3 is 2.90 bits per heavy atom. The summed E-state index contributed by atoms with van der Waals surface area (Å²) >= 11 is 0. The Morgan fingerprint density at radius 2 is 2.30 bits per heavy atom. The number of rotatable bonds is 2. The third-order valence-corrected chi connectivity index (χ3v) is 1.90. The number of allylic oxidation sites excluding steroid dienone is 2. The van der Waals surface area contributed by atoms with Crippen LogP contribution in [0.25, 0.3) is 0 Å². The highest BCUT2D eigenvalue weighted by atomic mass is 15.1. The van der Waals surface area contributed by atoms with E-state index in [0.717, 1.165) is 13.1 Å². The molecule has 10 heavy (non-hydrogen) atoms. The van der Waals surface area contributed by atoms with Crippen molar-refractivity contribution in [2.45, 2.75) is 20.3 Å². The molecule has 1 heteroatoms. The van der Waals surface area contributed by atoms with Crippen LogP contribution in [0.3, 0.4) is 0 Å². The average Bonchev–Trinajstić information content (AvgIpc) is 2.05. The average molecular weight is 137 g/mol. The minimum Gasteiger partial charge on any atom is -0.374 e. The number of hydrogen-bond donors (Lipinski definition) is 0. The Kier molecular flexibility index (Phi) is 2.55. The molecular weight excluding hydrogens is 122 g/mol. The van der Waals surface area contributed by atoms with E-state index in [4.69, 9.17) is 0 Å². The number of hydrogen-bond acceptors (Lipinski definition) is 1. The van der Waals surface area contributed by atoms with Crippen molar-refractivity contribution in [3.8, 4) is 0 Å². The number of likely N-dealkylation sites (N-methyl/N-ethyl adjacent to an activating group) is 1. The van der Waals surface area contributed by atoms with Crippen LogP contribution in [0.15, 0.2) is 23.9 Å². The lowest BCUT2D eigenvalue weighted by atomic mass is 10.1. The van der Waals surface area contributed by atoms with E-state index in [2.05, 4.69) is 37.1 Å². The molecule has 0 aromatic heterocycles. The molecule has 0 aromatic carbocycles. The first-order chi connectivity index (χ1) is 4.86. The fraction of sp³-hybridized carbons (Fsp3) is 0.556. The molecule has 0 saturated carbocycles. The zero-order valence-corrected chi connectivity index (χ0v) is 6.80.